The molecule has 0 aliphatic carbocycles. The second-order valence-electron chi connectivity index (χ2n) is 4.00. The van der Waals surface area contributed by atoms with Crippen molar-refractivity contribution in [1.82, 2.24) is 9.13 Å². The van der Waals surface area contributed by atoms with E-state index in [0.717, 1.165) is 10.0 Å². The maximum absolute atomic E-state index is 11.7. The highest BCUT2D eigenvalue weighted by Gasteiger charge is 2.04. The Morgan fingerprint density at radius 3 is 2.61 bits per heavy atom. The number of hydrogen-bond acceptors (Lipinski definition) is 3. The quantitative estimate of drug-likeness (QED) is 0.663. The molecule has 0 saturated carbocycles. The van der Waals surface area contributed by atoms with Crippen molar-refractivity contribution in [3.8, 4) is 0 Å². The monoisotopic (exact) mass is 309 g/mol. The SMILES string of the molecule is Cn1ccn(Cc2ccc(Br)c(N)c2)c(=O)c1=O. The van der Waals surface area contributed by atoms with Crippen LogP contribution in [-0.2, 0) is 13.6 Å². The molecule has 0 saturated heterocycles. The first-order valence-electron chi connectivity index (χ1n) is 5.29. The molecule has 0 fully saturated rings. The van der Waals surface area contributed by atoms with Crippen molar-refractivity contribution in [2.75, 3.05) is 5.73 Å². The highest BCUT2D eigenvalue weighted by molar-refractivity contribution is 9.10. The van der Waals surface area contributed by atoms with E-state index in [4.69, 9.17) is 5.73 Å². The van der Waals surface area contributed by atoms with Crippen molar-refractivity contribution < 1.29 is 0 Å². The molecule has 0 bridgehead atoms. The number of hydrogen-bond donors (Lipinski definition) is 1. The van der Waals surface area contributed by atoms with Crippen LogP contribution in [0.3, 0.4) is 0 Å². The summed E-state index contributed by atoms with van der Waals surface area (Å²) in [4.78, 5) is 23.2. The number of aryl methyl sites for hydroxylation is 1. The van der Waals surface area contributed by atoms with E-state index in [1.807, 2.05) is 12.1 Å². The Morgan fingerprint density at radius 2 is 1.94 bits per heavy atom. The first kappa shape index (κ1) is 12.6. The van der Waals surface area contributed by atoms with Crippen LogP contribution in [0.4, 0.5) is 5.69 Å². The summed E-state index contributed by atoms with van der Waals surface area (Å²) in [6.07, 6.45) is 3.15. The molecule has 0 spiro atoms. The first-order valence-corrected chi connectivity index (χ1v) is 6.08. The number of halogens is 1. The predicted octanol–water partition coefficient (Wildman–Crippen LogP) is 0.940. The van der Waals surface area contributed by atoms with E-state index >= 15 is 0 Å². The summed E-state index contributed by atoms with van der Waals surface area (Å²) < 4.78 is 3.43. The van der Waals surface area contributed by atoms with Gasteiger partial charge in [0.2, 0.25) is 0 Å². The number of anilines is 1. The number of nitrogen functional groups attached to an aromatic ring is 1. The van der Waals surface area contributed by atoms with Crippen LogP contribution >= 0.6 is 15.9 Å². The predicted molar refractivity (Wildman–Crippen MR) is 73.6 cm³/mol. The van der Waals surface area contributed by atoms with Crippen molar-refractivity contribution in [2.45, 2.75) is 6.54 Å². The lowest BCUT2D eigenvalue weighted by atomic mass is 10.2. The number of rotatable bonds is 2. The van der Waals surface area contributed by atoms with Crippen LogP contribution in [0.25, 0.3) is 0 Å². The van der Waals surface area contributed by atoms with Gasteiger partial charge in [0.1, 0.15) is 0 Å². The van der Waals surface area contributed by atoms with Gasteiger partial charge < -0.3 is 14.9 Å². The molecule has 0 aliphatic heterocycles. The molecule has 6 heteroatoms. The molecule has 1 heterocycles. The van der Waals surface area contributed by atoms with Gasteiger partial charge in [-0.1, -0.05) is 6.07 Å². The second-order valence-corrected chi connectivity index (χ2v) is 4.86. The lowest BCUT2D eigenvalue weighted by Gasteiger charge is -2.07. The van der Waals surface area contributed by atoms with Crippen LogP contribution < -0.4 is 16.9 Å². The second kappa shape index (κ2) is 4.81. The van der Waals surface area contributed by atoms with Crippen molar-refractivity contribution in [1.29, 1.82) is 0 Å². The smallest absolute Gasteiger partial charge is 0.316 e. The van der Waals surface area contributed by atoms with E-state index in [2.05, 4.69) is 15.9 Å². The molecule has 0 amide bonds. The zero-order chi connectivity index (χ0) is 13.3. The molecular weight excluding hydrogens is 298 g/mol. The summed E-state index contributed by atoms with van der Waals surface area (Å²) in [6, 6.07) is 5.44. The lowest BCUT2D eigenvalue weighted by Crippen LogP contribution is -2.39. The summed E-state index contributed by atoms with van der Waals surface area (Å²) >= 11 is 3.30. The van der Waals surface area contributed by atoms with Gasteiger partial charge in [-0.05, 0) is 33.6 Å². The molecule has 0 radical (unpaired) electrons. The summed E-state index contributed by atoms with van der Waals surface area (Å²) in [6.45, 7) is 0.326. The van der Waals surface area contributed by atoms with Gasteiger partial charge in [-0.25, -0.2) is 0 Å². The lowest BCUT2D eigenvalue weighted by molar-refractivity contribution is 0.695. The molecule has 2 N–H and O–H groups in total. The normalized spacial score (nSPS) is 10.6. The Kier molecular flexibility index (Phi) is 3.38. The summed E-state index contributed by atoms with van der Waals surface area (Å²) in [5.74, 6) is 0. The van der Waals surface area contributed by atoms with Crippen molar-refractivity contribution in [2.24, 2.45) is 7.05 Å². The maximum Gasteiger partial charge on any atom is 0.316 e. The fourth-order valence-electron chi connectivity index (χ4n) is 1.60. The van der Waals surface area contributed by atoms with Gasteiger partial charge in [-0.15, -0.1) is 0 Å². The van der Waals surface area contributed by atoms with E-state index in [-0.39, 0.29) is 0 Å². The zero-order valence-electron chi connectivity index (χ0n) is 9.76. The summed E-state index contributed by atoms with van der Waals surface area (Å²) in [5, 5.41) is 0. The van der Waals surface area contributed by atoms with Gasteiger partial charge in [-0.2, -0.15) is 0 Å². The van der Waals surface area contributed by atoms with E-state index in [1.54, 1.807) is 25.5 Å². The molecule has 18 heavy (non-hydrogen) atoms. The van der Waals surface area contributed by atoms with Gasteiger partial charge in [0.25, 0.3) is 0 Å². The van der Waals surface area contributed by atoms with Crippen molar-refractivity contribution in [3.63, 3.8) is 0 Å². The minimum absolute atomic E-state index is 0.326. The third-order valence-electron chi connectivity index (χ3n) is 2.65. The molecule has 1 aromatic carbocycles. The number of benzene rings is 1. The van der Waals surface area contributed by atoms with Crippen LogP contribution in [0.1, 0.15) is 5.56 Å². The largest absolute Gasteiger partial charge is 0.398 e. The fraction of sp³-hybridized carbons (Fsp3) is 0.167. The van der Waals surface area contributed by atoms with Gasteiger partial charge in [0, 0.05) is 29.6 Å². The van der Waals surface area contributed by atoms with E-state index < -0.39 is 11.1 Å². The van der Waals surface area contributed by atoms with E-state index in [9.17, 15) is 9.59 Å². The van der Waals surface area contributed by atoms with Gasteiger partial charge in [-0.3, -0.25) is 9.59 Å². The number of nitrogens with zero attached hydrogens (tertiary/aromatic N) is 2. The molecule has 2 rings (SSSR count). The molecule has 2 aromatic rings. The Labute approximate surface area is 112 Å². The Bertz CT molecular complexity index is 703. The minimum Gasteiger partial charge on any atom is -0.398 e. The molecule has 94 valence electrons. The van der Waals surface area contributed by atoms with Crippen molar-refractivity contribution >= 4 is 21.6 Å². The Morgan fingerprint density at radius 1 is 1.22 bits per heavy atom. The van der Waals surface area contributed by atoms with Crippen molar-refractivity contribution in [3.05, 3.63) is 61.3 Å². The van der Waals surface area contributed by atoms with Gasteiger partial charge >= 0.3 is 11.1 Å². The number of aromatic nitrogens is 2. The van der Waals surface area contributed by atoms with E-state index in [1.165, 1.54) is 9.13 Å². The van der Waals surface area contributed by atoms with Crippen LogP contribution in [0, 0.1) is 0 Å². The highest BCUT2D eigenvalue weighted by Crippen LogP contribution is 2.20. The fourth-order valence-corrected chi connectivity index (χ4v) is 1.85. The number of nitrogens with two attached hydrogens (primary N) is 1. The molecule has 0 unspecified atom stereocenters. The Balaban J connectivity index is 2.41. The third-order valence-corrected chi connectivity index (χ3v) is 3.37. The van der Waals surface area contributed by atoms with Gasteiger partial charge in [0.15, 0.2) is 0 Å². The Hall–Kier alpha value is -1.82. The van der Waals surface area contributed by atoms with Crippen LogP contribution in [0.5, 0.6) is 0 Å². The van der Waals surface area contributed by atoms with Gasteiger partial charge in [0.05, 0.1) is 6.54 Å². The summed E-state index contributed by atoms with van der Waals surface area (Å²) in [5.41, 5.74) is 6.15. The average molecular weight is 310 g/mol. The molecule has 0 atom stereocenters. The molecule has 1 aromatic heterocycles. The topological polar surface area (TPSA) is 70.0 Å². The van der Waals surface area contributed by atoms with Crippen LogP contribution in [-0.4, -0.2) is 9.13 Å². The molecule has 5 nitrogen and oxygen atoms in total. The van der Waals surface area contributed by atoms with Crippen LogP contribution in [0.2, 0.25) is 0 Å². The van der Waals surface area contributed by atoms with E-state index in [0.29, 0.717) is 12.2 Å². The average Bonchev–Trinajstić information content (AvgIpc) is 2.34. The first-order chi connectivity index (χ1) is 8.49. The maximum atomic E-state index is 11.7. The summed E-state index contributed by atoms with van der Waals surface area (Å²) in [7, 11) is 1.55. The zero-order valence-corrected chi connectivity index (χ0v) is 11.3. The third kappa shape index (κ3) is 2.38. The minimum atomic E-state index is -0.540. The standard InChI is InChI=1S/C12H12BrN3O2/c1-15-4-5-16(12(18)11(15)17)7-8-2-3-9(13)10(14)6-8/h2-6H,7,14H2,1H3. The molecule has 0 aliphatic rings. The van der Waals surface area contributed by atoms with Crippen LogP contribution in [0.15, 0.2) is 44.7 Å². The highest BCUT2D eigenvalue weighted by atomic mass is 79.9. The molecular formula is C12H12BrN3O2.